The van der Waals surface area contributed by atoms with Crippen LogP contribution in [0.15, 0.2) is 24.3 Å². The highest BCUT2D eigenvalue weighted by molar-refractivity contribution is 14.1. The topological polar surface area (TPSA) is 17.1 Å². The van der Waals surface area contributed by atoms with Crippen LogP contribution in [-0.4, -0.2) is 5.24 Å². The smallest absolute Gasteiger partial charge is 0.231 e. The van der Waals surface area contributed by atoms with Crippen LogP contribution in [0, 0.1) is 3.57 Å². The lowest BCUT2D eigenvalue weighted by Gasteiger charge is -2.20. The van der Waals surface area contributed by atoms with Gasteiger partial charge < -0.3 is 0 Å². The largest absolute Gasteiger partial charge is 0.280 e. The molecule has 3 heteroatoms. The van der Waals surface area contributed by atoms with Crippen LogP contribution >= 0.6 is 34.2 Å². The van der Waals surface area contributed by atoms with Crippen LogP contribution in [0.3, 0.4) is 0 Å². The van der Waals surface area contributed by atoms with Crippen molar-refractivity contribution in [3.63, 3.8) is 0 Å². The molecule has 0 fully saturated rings. The van der Waals surface area contributed by atoms with E-state index >= 15 is 0 Å². The second-order valence-corrected chi connectivity index (χ2v) is 5.00. The predicted octanol–water partition coefficient (Wildman–Crippen LogP) is 3.33. The Bertz CT molecular complexity index is 333. The summed E-state index contributed by atoms with van der Waals surface area (Å²) in [7, 11) is 0. The highest BCUT2D eigenvalue weighted by Gasteiger charge is 2.27. The van der Waals surface area contributed by atoms with Gasteiger partial charge in [0.2, 0.25) is 5.24 Å². The average Bonchev–Trinajstić information content (AvgIpc) is 2.04. The highest BCUT2D eigenvalue weighted by atomic mass is 127. The summed E-state index contributed by atoms with van der Waals surface area (Å²) in [5.74, 6) is 0. The standard InChI is InChI=1S/C10H10ClIO/c1-10(2,9(11)13)7-4-3-5-8(12)6-7/h3-6H,1-2H3. The van der Waals surface area contributed by atoms with E-state index in [1.54, 1.807) is 0 Å². The molecular formula is C10H10ClIO. The van der Waals surface area contributed by atoms with Crippen molar-refractivity contribution >= 4 is 39.4 Å². The first-order valence-corrected chi connectivity index (χ1v) is 5.36. The van der Waals surface area contributed by atoms with Crippen molar-refractivity contribution in [2.24, 2.45) is 0 Å². The van der Waals surface area contributed by atoms with Crippen molar-refractivity contribution in [1.82, 2.24) is 0 Å². The van der Waals surface area contributed by atoms with Gasteiger partial charge in [0, 0.05) is 3.57 Å². The summed E-state index contributed by atoms with van der Waals surface area (Å²) in [6.45, 7) is 3.65. The molecule has 0 atom stereocenters. The second kappa shape index (κ2) is 3.96. The van der Waals surface area contributed by atoms with Crippen LogP contribution in [0.4, 0.5) is 0 Å². The minimum absolute atomic E-state index is 0.325. The Labute approximate surface area is 96.6 Å². The molecule has 0 amide bonds. The molecule has 0 bridgehead atoms. The van der Waals surface area contributed by atoms with Crippen LogP contribution in [0.2, 0.25) is 0 Å². The molecule has 0 unspecified atom stereocenters. The molecule has 0 aliphatic rings. The average molecular weight is 309 g/mol. The number of rotatable bonds is 2. The minimum Gasteiger partial charge on any atom is -0.280 e. The molecule has 1 nitrogen and oxygen atoms in total. The van der Waals surface area contributed by atoms with Gasteiger partial charge in [-0.2, -0.15) is 0 Å². The Morgan fingerprint density at radius 2 is 2.08 bits per heavy atom. The van der Waals surface area contributed by atoms with E-state index < -0.39 is 5.41 Å². The number of carbonyl (C=O) groups excluding carboxylic acids is 1. The lowest BCUT2D eigenvalue weighted by atomic mass is 9.86. The fourth-order valence-corrected chi connectivity index (χ4v) is 1.64. The molecule has 1 aromatic carbocycles. The van der Waals surface area contributed by atoms with Gasteiger partial charge in [0.1, 0.15) is 0 Å². The molecule has 1 rings (SSSR count). The SMILES string of the molecule is CC(C)(C(=O)Cl)c1cccc(I)c1. The molecule has 0 saturated carbocycles. The molecule has 0 aliphatic heterocycles. The van der Waals surface area contributed by atoms with Gasteiger partial charge in [-0.25, -0.2) is 0 Å². The maximum Gasteiger partial charge on any atom is 0.231 e. The first kappa shape index (κ1) is 11.0. The quantitative estimate of drug-likeness (QED) is 0.605. The summed E-state index contributed by atoms with van der Waals surface area (Å²) in [5, 5.41) is -0.325. The Balaban J connectivity index is 3.14. The summed E-state index contributed by atoms with van der Waals surface area (Å²) in [5.41, 5.74) is 0.363. The van der Waals surface area contributed by atoms with E-state index in [2.05, 4.69) is 22.6 Å². The van der Waals surface area contributed by atoms with E-state index in [0.29, 0.717) is 0 Å². The molecule has 0 N–H and O–H groups in total. The summed E-state index contributed by atoms with van der Waals surface area (Å²) in [6.07, 6.45) is 0. The third-order valence-corrected chi connectivity index (χ3v) is 3.18. The molecule has 0 aliphatic carbocycles. The van der Waals surface area contributed by atoms with Crippen molar-refractivity contribution in [2.45, 2.75) is 19.3 Å². The predicted molar refractivity (Wildman–Crippen MR) is 63.0 cm³/mol. The zero-order valence-corrected chi connectivity index (χ0v) is 10.4. The first-order valence-electron chi connectivity index (χ1n) is 3.90. The second-order valence-electron chi connectivity index (χ2n) is 3.41. The normalized spacial score (nSPS) is 11.4. The number of hydrogen-bond donors (Lipinski definition) is 0. The fraction of sp³-hybridized carbons (Fsp3) is 0.300. The van der Waals surface area contributed by atoms with Gasteiger partial charge in [-0.3, -0.25) is 4.79 Å². The van der Waals surface area contributed by atoms with Gasteiger partial charge in [-0.15, -0.1) is 0 Å². The molecule has 0 aromatic heterocycles. The van der Waals surface area contributed by atoms with Gasteiger partial charge in [0.25, 0.3) is 0 Å². The summed E-state index contributed by atoms with van der Waals surface area (Å²) < 4.78 is 1.11. The molecule has 0 radical (unpaired) electrons. The summed E-state index contributed by atoms with van der Waals surface area (Å²) in [4.78, 5) is 11.1. The van der Waals surface area contributed by atoms with Gasteiger partial charge >= 0.3 is 0 Å². The molecule has 1 aromatic rings. The van der Waals surface area contributed by atoms with Crippen molar-refractivity contribution in [2.75, 3.05) is 0 Å². The Morgan fingerprint density at radius 3 is 2.54 bits per heavy atom. The Morgan fingerprint density at radius 1 is 1.46 bits per heavy atom. The van der Waals surface area contributed by atoms with Crippen molar-refractivity contribution in [3.05, 3.63) is 33.4 Å². The van der Waals surface area contributed by atoms with Crippen LogP contribution < -0.4 is 0 Å². The summed E-state index contributed by atoms with van der Waals surface area (Å²) >= 11 is 7.73. The molecule has 0 spiro atoms. The maximum atomic E-state index is 11.1. The van der Waals surface area contributed by atoms with E-state index in [1.807, 2.05) is 38.1 Å². The lowest BCUT2D eigenvalue weighted by molar-refractivity contribution is -0.115. The van der Waals surface area contributed by atoms with Crippen LogP contribution in [-0.2, 0) is 10.2 Å². The third kappa shape index (κ3) is 2.44. The van der Waals surface area contributed by atoms with Gasteiger partial charge in [-0.05, 0) is 65.7 Å². The van der Waals surface area contributed by atoms with Gasteiger partial charge in [0.15, 0.2) is 0 Å². The number of hydrogen-bond acceptors (Lipinski definition) is 1. The fourth-order valence-electron chi connectivity index (χ4n) is 0.991. The lowest BCUT2D eigenvalue weighted by Crippen LogP contribution is -2.24. The van der Waals surface area contributed by atoms with Crippen molar-refractivity contribution in [3.8, 4) is 0 Å². The zero-order chi connectivity index (χ0) is 10.1. The third-order valence-electron chi connectivity index (χ3n) is 2.04. The molecular weight excluding hydrogens is 298 g/mol. The number of benzene rings is 1. The zero-order valence-electron chi connectivity index (χ0n) is 7.47. The molecule has 0 saturated heterocycles. The monoisotopic (exact) mass is 308 g/mol. The molecule has 70 valence electrons. The van der Waals surface area contributed by atoms with E-state index in [-0.39, 0.29) is 5.24 Å². The minimum atomic E-state index is -0.595. The Kier molecular flexibility index (Phi) is 3.35. The van der Waals surface area contributed by atoms with Crippen LogP contribution in [0.5, 0.6) is 0 Å². The van der Waals surface area contributed by atoms with Crippen molar-refractivity contribution in [1.29, 1.82) is 0 Å². The van der Waals surface area contributed by atoms with E-state index in [0.717, 1.165) is 9.13 Å². The van der Waals surface area contributed by atoms with Crippen molar-refractivity contribution < 1.29 is 4.79 Å². The van der Waals surface area contributed by atoms with Crippen LogP contribution in [0.1, 0.15) is 19.4 Å². The summed E-state index contributed by atoms with van der Waals surface area (Å²) in [6, 6.07) is 7.81. The Hall–Kier alpha value is -0.0900. The van der Waals surface area contributed by atoms with Gasteiger partial charge in [-0.1, -0.05) is 12.1 Å². The van der Waals surface area contributed by atoms with E-state index in [9.17, 15) is 4.79 Å². The number of carbonyl (C=O) groups is 1. The van der Waals surface area contributed by atoms with Crippen LogP contribution in [0.25, 0.3) is 0 Å². The van der Waals surface area contributed by atoms with Gasteiger partial charge in [0.05, 0.1) is 5.41 Å². The highest BCUT2D eigenvalue weighted by Crippen LogP contribution is 2.26. The maximum absolute atomic E-state index is 11.1. The van der Waals surface area contributed by atoms with E-state index in [1.165, 1.54) is 0 Å². The molecule has 13 heavy (non-hydrogen) atoms. The number of halogens is 2. The first-order chi connectivity index (χ1) is 5.94. The van der Waals surface area contributed by atoms with E-state index in [4.69, 9.17) is 11.6 Å². The molecule has 0 heterocycles.